The lowest BCUT2D eigenvalue weighted by Crippen LogP contribution is -2.27. The molecule has 0 radical (unpaired) electrons. The lowest BCUT2D eigenvalue weighted by Gasteiger charge is -2.20. The average Bonchev–Trinajstić information content (AvgIpc) is 3.00. The number of nitrogens with one attached hydrogen (secondary N) is 1. The van der Waals surface area contributed by atoms with Gasteiger partial charge in [-0.25, -0.2) is 8.78 Å². The first-order valence-corrected chi connectivity index (χ1v) is 8.86. The van der Waals surface area contributed by atoms with Crippen molar-refractivity contribution in [2.45, 2.75) is 39.0 Å². The summed E-state index contributed by atoms with van der Waals surface area (Å²) >= 11 is 0. The van der Waals surface area contributed by atoms with E-state index < -0.39 is 17.9 Å². The van der Waals surface area contributed by atoms with Crippen LogP contribution >= 0.6 is 0 Å². The second-order valence-electron chi connectivity index (χ2n) is 6.07. The van der Waals surface area contributed by atoms with E-state index in [1.54, 1.807) is 13.8 Å². The molecule has 4 nitrogen and oxygen atoms in total. The Morgan fingerprint density at radius 2 is 1.84 bits per heavy atom. The van der Waals surface area contributed by atoms with E-state index in [1.165, 1.54) is 12.1 Å². The van der Waals surface area contributed by atoms with E-state index in [4.69, 9.17) is 9.47 Å². The summed E-state index contributed by atoms with van der Waals surface area (Å²) in [5, 5.41) is 3.16. The first-order valence-electron chi connectivity index (χ1n) is 8.86. The molecule has 0 unspecified atom stereocenters. The van der Waals surface area contributed by atoms with Crippen molar-refractivity contribution in [3.8, 4) is 0 Å². The zero-order valence-electron chi connectivity index (χ0n) is 14.9. The van der Waals surface area contributed by atoms with E-state index in [2.05, 4.69) is 10.2 Å². The highest BCUT2D eigenvalue weighted by atomic mass is 19.1. The summed E-state index contributed by atoms with van der Waals surface area (Å²) in [4.78, 5) is 2.15. The normalized spacial score (nSPS) is 18.2. The van der Waals surface area contributed by atoms with Gasteiger partial charge in [0, 0.05) is 44.6 Å². The third-order valence-corrected chi connectivity index (χ3v) is 4.20. The summed E-state index contributed by atoms with van der Waals surface area (Å²) in [6.45, 7) is 6.05. The molecule has 142 valence electrons. The number of nitrogens with zero attached hydrogens (tertiary/aromatic N) is 1. The molecule has 0 aliphatic carbocycles. The summed E-state index contributed by atoms with van der Waals surface area (Å²) in [5.74, 6) is -1.39. The van der Waals surface area contributed by atoms with Crippen molar-refractivity contribution in [2.75, 3.05) is 44.8 Å². The molecule has 1 fully saturated rings. The molecule has 1 aromatic rings. The molecular formula is C18H27F3N2O2. The van der Waals surface area contributed by atoms with Gasteiger partial charge in [-0.1, -0.05) is 0 Å². The number of hydrogen-bond acceptors (Lipinski definition) is 4. The van der Waals surface area contributed by atoms with Gasteiger partial charge < -0.3 is 19.7 Å². The first kappa shape index (κ1) is 20.0. The van der Waals surface area contributed by atoms with Gasteiger partial charge >= 0.3 is 0 Å². The number of benzene rings is 1. The maximum Gasteiger partial charge on any atom is 0.189 e. The number of anilines is 1. The van der Waals surface area contributed by atoms with E-state index in [-0.39, 0.29) is 18.3 Å². The van der Waals surface area contributed by atoms with Gasteiger partial charge in [-0.3, -0.25) is 4.39 Å². The summed E-state index contributed by atoms with van der Waals surface area (Å²) in [5.41, 5.74) is 0.188. The van der Waals surface area contributed by atoms with Crippen molar-refractivity contribution < 1.29 is 22.6 Å². The monoisotopic (exact) mass is 360 g/mol. The third-order valence-electron chi connectivity index (χ3n) is 4.20. The maximum atomic E-state index is 14.4. The number of rotatable bonds is 10. The molecule has 0 amide bonds. The predicted molar refractivity (Wildman–Crippen MR) is 91.4 cm³/mol. The van der Waals surface area contributed by atoms with Crippen LogP contribution in [-0.2, 0) is 9.47 Å². The van der Waals surface area contributed by atoms with Crippen LogP contribution in [0.3, 0.4) is 0 Å². The maximum absolute atomic E-state index is 14.4. The van der Waals surface area contributed by atoms with E-state index in [0.717, 1.165) is 19.5 Å². The Balaban J connectivity index is 2.04. The van der Waals surface area contributed by atoms with Gasteiger partial charge in [0.15, 0.2) is 6.29 Å². The standard InChI is InChI=1S/C18H27F3N2O2/c1-3-24-18(25-4-2)17-15(20)10-14(11-16(17)21)22-13-6-9-23(12-13)8-5-7-19/h10-11,13,18,22H,3-9,12H2,1-2H3/t13-/m0/s1. The van der Waals surface area contributed by atoms with Gasteiger partial charge in [-0.2, -0.15) is 0 Å². The average molecular weight is 360 g/mol. The molecule has 0 spiro atoms. The summed E-state index contributed by atoms with van der Waals surface area (Å²) in [6.07, 6.45) is 0.324. The molecule has 7 heteroatoms. The fourth-order valence-electron chi connectivity index (χ4n) is 3.08. The predicted octanol–water partition coefficient (Wildman–Crippen LogP) is 3.88. The Kier molecular flexibility index (Phi) is 7.99. The SMILES string of the molecule is CCOC(OCC)c1c(F)cc(N[C@H]2CCN(CCCF)C2)cc1F. The molecule has 1 aliphatic heterocycles. The van der Waals surface area contributed by atoms with Crippen LogP contribution in [0.25, 0.3) is 0 Å². The van der Waals surface area contributed by atoms with Crippen molar-refractivity contribution >= 4 is 5.69 Å². The minimum absolute atomic E-state index is 0.0961. The molecule has 2 rings (SSSR count). The molecule has 1 atom stereocenters. The van der Waals surface area contributed by atoms with Crippen LogP contribution in [0.2, 0.25) is 0 Å². The van der Waals surface area contributed by atoms with Crippen LogP contribution in [0.1, 0.15) is 38.5 Å². The van der Waals surface area contributed by atoms with Crippen LogP contribution in [0, 0.1) is 11.6 Å². The molecule has 25 heavy (non-hydrogen) atoms. The Hall–Kier alpha value is -1.31. The fourth-order valence-corrected chi connectivity index (χ4v) is 3.08. The highest BCUT2D eigenvalue weighted by molar-refractivity contribution is 5.47. The van der Waals surface area contributed by atoms with E-state index in [9.17, 15) is 13.2 Å². The highest BCUT2D eigenvalue weighted by Gasteiger charge is 2.25. The van der Waals surface area contributed by atoms with Crippen molar-refractivity contribution in [2.24, 2.45) is 0 Å². The molecule has 0 saturated carbocycles. The van der Waals surface area contributed by atoms with Crippen LogP contribution in [-0.4, -0.2) is 50.5 Å². The van der Waals surface area contributed by atoms with Crippen LogP contribution < -0.4 is 5.32 Å². The minimum Gasteiger partial charge on any atom is -0.381 e. The molecule has 1 saturated heterocycles. The zero-order chi connectivity index (χ0) is 18.2. The van der Waals surface area contributed by atoms with E-state index in [1.807, 2.05) is 0 Å². The van der Waals surface area contributed by atoms with E-state index >= 15 is 0 Å². The van der Waals surface area contributed by atoms with Crippen molar-refractivity contribution in [3.63, 3.8) is 0 Å². The second kappa shape index (κ2) is 9.99. The van der Waals surface area contributed by atoms with E-state index in [0.29, 0.717) is 31.9 Å². The Bertz CT molecular complexity index is 516. The minimum atomic E-state index is -1.05. The quantitative estimate of drug-likeness (QED) is 0.642. The number of hydrogen-bond donors (Lipinski definition) is 1. The Morgan fingerprint density at radius 3 is 2.40 bits per heavy atom. The Morgan fingerprint density at radius 1 is 1.20 bits per heavy atom. The molecule has 1 heterocycles. The van der Waals surface area contributed by atoms with Crippen molar-refractivity contribution in [1.82, 2.24) is 4.90 Å². The van der Waals surface area contributed by atoms with Gasteiger partial charge in [0.05, 0.1) is 12.2 Å². The van der Waals surface area contributed by atoms with Gasteiger partial charge in [0.2, 0.25) is 0 Å². The Labute approximate surface area is 147 Å². The number of likely N-dealkylation sites (tertiary alicyclic amines) is 1. The first-order chi connectivity index (χ1) is 12.1. The second-order valence-corrected chi connectivity index (χ2v) is 6.07. The highest BCUT2D eigenvalue weighted by Crippen LogP contribution is 2.29. The van der Waals surface area contributed by atoms with Gasteiger partial charge in [0.25, 0.3) is 0 Å². The lowest BCUT2D eigenvalue weighted by molar-refractivity contribution is -0.143. The zero-order valence-corrected chi connectivity index (χ0v) is 14.9. The van der Waals surface area contributed by atoms with Crippen molar-refractivity contribution in [1.29, 1.82) is 0 Å². The molecule has 1 N–H and O–H groups in total. The fraction of sp³-hybridized carbons (Fsp3) is 0.667. The summed E-state index contributed by atoms with van der Waals surface area (Å²) in [6, 6.07) is 2.64. The van der Waals surface area contributed by atoms with Crippen molar-refractivity contribution in [3.05, 3.63) is 29.3 Å². The molecular weight excluding hydrogens is 333 g/mol. The molecule has 0 aromatic heterocycles. The van der Waals surface area contributed by atoms with Crippen LogP contribution in [0.15, 0.2) is 12.1 Å². The molecule has 0 bridgehead atoms. The van der Waals surface area contributed by atoms with Crippen LogP contribution in [0.5, 0.6) is 0 Å². The third kappa shape index (κ3) is 5.59. The van der Waals surface area contributed by atoms with Gasteiger partial charge in [0.1, 0.15) is 11.6 Å². The topological polar surface area (TPSA) is 33.7 Å². The van der Waals surface area contributed by atoms with Crippen LogP contribution in [0.4, 0.5) is 18.9 Å². The van der Waals surface area contributed by atoms with Gasteiger partial charge in [-0.15, -0.1) is 0 Å². The number of alkyl halides is 1. The largest absolute Gasteiger partial charge is 0.381 e. The number of halogens is 3. The smallest absolute Gasteiger partial charge is 0.189 e. The summed E-state index contributed by atoms with van der Waals surface area (Å²) < 4.78 is 51.7. The number of ether oxygens (including phenoxy) is 2. The lowest BCUT2D eigenvalue weighted by atomic mass is 10.1. The molecule has 1 aliphatic rings. The summed E-state index contributed by atoms with van der Waals surface area (Å²) in [7, 11) is 0. The molecule has 1 aromatic carbocycles. The van der Waals surface area contributed by atoms with Gasteiger partial charge in [-0.05, 0) is 38.8 Å².